The summed E-state index contributed by atoms with van der Waals surface area (Å²) in [7, 11) is 0. The maximum Gasteiger partial charge on any atom is 0.283 e. The lowest BCUT2D eigenvalue weighted by Gasteiger charge is -2.19. The van der Waals surface area contributed by atoms with Crippen LogP contribution in [-0.4, -0.2) is 27.5 Å². The Labute approximate surface area is 114 Å². The second-order valence-electron chi connectivity index (χ2n) is 4.78. The van der Waals surface area contributed by atoms with Crippen molar-refractivity contribution < 1.29 is 5.11 Å². The van der Waals surface area contributed by atoms with Crippen LogP contribution in [0.15, 0.2) is 15.5 Å². The highest BCUT2D eigenvalue weighted by Gasteiger charge is 2.24. The van der Waals surface area contributed by atoms with Gasteiger partial charge in [-0.05, 0) is 34.7 Å². The molecule has 6 heteroatoms. The van der Waals surface area contributed by atoms with E-state index >= 15 is 0 Å². The third-order valence-electron chi connectivity index (χ3n) is 3.50. The number of aliphatic hydroxyl groups is 1. The van der Waals surface area contributed by atoms with Crippen molar-refractivity contribution in [2.45, 2.75) is 38.8 Å². The van der Waals surface area contributed by atoms with Crippen molar-refractivity contribution in [3.8, 4) is 0 Å². The molecule has 1 heterocycles. The van der Waals surface area contributed by atoms with E-state index in [-0.39, 0.29) is 18.7 Å². The average molecular weight is 316 g/mol. The molecule has 0 aromatic carbocycles. The molecule has 1 aromatic heterocycles. The maximum atomic E-state index is 11.9. The molecule has 100 valence electrons. The summed E-state index contributed by atoms with van der Waals surface area (Å²) in [5.41, 5.74) is 0.535. The average Bonchev–Trinajstić information content (AvgIpc) is 2.75. The topological polar surface area (TPSA) is 67.2 Å². The molecular formula is C12H18BrN3O2. The standard InChI is InChI=1S/C12H18BrN3O2/c1-8-3-2-4-9(8)15-10-7-14-16(5-6-17)12(18)11(10)13/h7-9,15,17H,2-6H2,1H3. The quantitative estimate of drug-likeness (QED) is 0.885. The Morgan fingerprint density at radius 1 is 1.61 bits per heavy atom. The van der Waals surface area contributed by atoms with Crippen LogP contribution in [-0.2, 0) is 6.54 Å². The fourth-order valence-electron chi connectivity index (χ4n) is 2.38. The summed E-state index contributed by atoms with van der Waals surface area (Å²) in [6.45, 7) is 2.35. The molecule has 1 aliphatic rings. The van der Waals surface area contributed by atoms with Gasteiger partial charge in [-0.2, -0.15) is 5.10 Å². The number of nitrogens with one attached hydrogen (secondary N) is 1. The van der Waals surface area contributed by atoms with Gasteiger partial charge in [-0.15, -0.1) is 0 Å². The summed E-state index contributed by atoms with van der Waals surface area (Å²) in [6, 6.07) is 0.413. The number of nitrogens with zero attached hydrogens (tertiary/aromatic N) is 2. The normalized spacial score (nSPS) is 23.3. The highest BCUT2D eigenvalue weighted by atomic mass is 79.9. The molecule has 1 saturated carbocycles. The van der Waals surface area contributed by atoms with E-state index in [2.05, 4.69) is 33.3 Å². The summed E-state index contributed by atoms with van der Waals surface area (Å²) < 4.78 is 1.75. The minimum Gasteiger partial charge on any atom is -0.394 e. The van der Waals surface area contributed by atoms with Gasteiger partial charge in [0.2, 0.25) is 0 Å². The van der Waals surface area contributed by atoms with Crippen LogP contribution in [0.4, 0.5) is 5.69 Å². The van der Waals surface area contributed by atoms with Gasteiger partial charge in [0.1, 0.15) is 4.47 Å². The van der Waals surface area contributed by atoms with Crippen LogP contribution in [0.25, 0.3) is 0 Å². The Kier molecular flexibility index (Phi) is 4.40. The van der Waals surface area contributed by atoms with Crippen molar-refractivity contribution in [1.29, 1.82) is 0 Å². The van der Waals surface area contributed by atoms with Crippen LogP contribution in [0, 0.1) is 5.92 Å². The maximum absolute atomic E-state index is 11.9. The zero-order chi connectivity index (χ0) is 13.1. The van der Waals surface area contributed by atoms with Gasteiger partial charge in [-0.25, -0.2) is 4.68 Å². The third kappa shape index (κ3) is 2.75. The van der Waals surface area contributed by atoms with E-state index in [1.54, 1.807) is 6.20 Å². The Bertz CT molecular complexity index is 475. The number of hydrogen-bond donors (Lipinski definition) is 2. The lowest BCUT2D eigenvalue weighted by molar-refractivity contribution is 0.266. The largest absolute Gasteiger partial charge is 0.394 e. The van der Waals surface area contributed by atoms with Gasteiger partial charge >= 0.3 is 0 Å². The van der Waals surface area contributed by atoms with Crippen molar-refractivity contribution in [2.24, 2.45) is 5.92 Å². The monoisotopic (exact) mass is 315 g/mol. The summed E-state index contributed by atoms with van der Waals surface area (Å²) in [4.78, 5) is 11.9. The van der Waals surface area contributed by atoms with Crippen molar-refractivity contribution in [1.82, 2.24) is 9.78 Å². The van der Waals surface area contributed by atoms with Crippen LogP contribution in [0.1, 0.15) is 26.2 Å². The third-order valence-corrected chi connectivity index (χ3v) is 4.27. The molecule has 1 aliphatic carbocycles. The molecule has 2 atom stereocenters. The molecule has 0 bridgehead atoms. The van der Waals surface area contributed by atoms with Crippen LogP contribution in [0.5, 0.6) is 0 Å². The first kappa shape index (κ1) is 13.5. The van der Waals surface area contributed by atoms with E-state index in [1.807, 2.05) is 0 Å². The fourth-order valence-corrected chi connectivity index (χ4v) is 2.80. The van der Waals surface area contributed by atoms with Gasteiger partial charge in [0.05, 0.1) is 25.0 Å². The van der Waals surface area contributed by atoms with Gasteiger partial charge < -0.3 is 10.4 Å². The predicted octanol–water partition coefficient (Wildman–Crippen LogP) is 1.60. The highest BCUT2D eigenvalue weighted by molar-refractivity contribution is 9.10. The number of aliphatic hydroxyl groups excluding tert-OH is 1. The van der Waals surface area contributed by atoms with E-state index in [1.165, 1.54) is 17.5 Å². The highest BCUT2D eigenvalue weighted by Crippen LogP contribution is 2.29. The van der Waals surface area contributed by atoms with Crippen molar-refractivity contribution in [3.05, 3.63) is 21.0 Å². The van der Waals surface area contributed by atoms with Gasteiger partial charge in [0.15, 0.2) is 0 Å². The first-order valence-corrected chi connectivity index (χ1v) is 7.05. The van der Waals surface area contributed by atoms with Crippen LogP contribution < -0.4 is 10.9 Å². The van der Waals surface area contributed by atoms with Crippen LogP contribution in [0.3, 0.4) is 0 Å². The molecular weight excluding hydrogens is 298 g/mol. The molecule has 5 nitrogen and oxygen atoms in total. The molecule has 0 amide bonds. The van der Waals surface area contributed by atoms with Gasteiger partial charge in [-0.3, -0.25) is 4.79 Å². The van der Waals surface area contributed by atoms with Crippen molar-refractivity contribution >= 4 is 21.6 Å². The molecule has 2 rings (SSSR count). The zero-order valence-corrected chi connectivity index (χ0v) is 12.0. The summed E-state index contributed by atoms with van der Waals surface area (Å²) in [6.07, 6.45) is 5.23. The van der Waals surface area contributed by atoms with Crippen molar-refractivity contribution in [2.75, 3.05) is 11.9 Å². The number of hydrogen-bond acceptors (Lipinski definition) is 4. The number of anilines is 1. The van der Waals surface area contributed by atoms with E-state index in [4.69, 9.17) is 5.11 Å². The molecule has 18 heavy (non-hydrogen) atoms. The van der Waals surface area contributed by atoms with Gasteiger partial charge in [-0.1, -0.05) is 13.3 Å². The van der Waals surface area contributed by atoms with E-state index in [0.29, 0.717) is 16.4 Å². The summed E-state index contributed by atoms with van der Waals surface area (Å²) in [5.74, 6) is 0.622. The van der Waals surface area contributed by atoms with Gasteiger partial charge in [0.25, 0.3) is 5.56 Å². The van der Waals surface area contributed by atoms with E-state index in [9.17, 15) is 4.79 Å². The first-order valence-electron chi connectivity index (χ1n) is 6.26. The van der Waals surface area contributed by atoms with E-state index in [0.717, 1.165) is 12.1 Å². The predicted molar refractivity (Wildman–Crippen MR) is 73.7 cm³/mol. The smallest absolute Gasteiger partial charge is 0.283 e. The Hall–Kier alpha value is -0.880. The second kappa shape index (κ2) is 5.84. The Balaban J connectivity index is 2.19. The van der Waals surface area contributed by atoms with Gasteiger partial charge in [0, 0.05) is 6.04 Å². The Morgan fingerprint density at radius 2 is 2.39 bits per heavy atom. The molecule has 0 spiro atoms. The zero-order valence-electron chi connectivity index (χ0n) is 10.4. The van der Waals surface area contributed by atoms with Crippen molar-refractivity contribution in [3.63, 3.8) is 0 Å². The molecule has 0 radical (unpaired) electrons. The molecule has 2 unspecified atom stereocenters. The summed E-state index contributed by atoms with van der Waals surface area (Å²) >= 11 is 3.31. The second-order valence-corrected chi connectivity index (χ2v) is 5.58. The summed E-state index contributed by atoms with van der Waals surface area (Å²) in [5, 5.41) is 16.3. The number of halogens is 1. The fraction of sp³-hybridized carbons (Fsp3) is 0.667. The molecule has 1 fully saturated rings. The minimum atomic E-state index is -0.209. The van der Waals surface area contributed by atoms with E-state index < -0.39 is 0 Å². The number of rotatable bonds is 4. The first-order chi connectivity index (χ1) is 8.63. The van der Waals surface area contributed by atoms with Crippen LogP contribution >= 0.6 is 15.9 Å². The minimum absolute atomic E-state index is 0.0915. The van der Waals surface area contributed by atoms with Crippen LogP contribution in [0.2, 0.25) is 0 Å². The SMILES string of the molecule is CC1CCCC1Nc1cnn(CCO)c(=O)c1Br. The Morgan fingerprint density at radius 3 is 3.00 bits per heavy atom. The molecule has 0 aliphatic heterocycles. The lowest BCUT2D eigenvalue weighted by Crippen LogP contribution is -2.28. The molecule has 0 saturated heterocycles. The number of aromatic nitrogens is 2. The lowest BCUT2D eigenvalue weighted by atomic mass is 10.1. The molecule has 2 N–H and O–H groups in total. The molecule has 1 aromatic rings.